The fourth-order valence-electron chi connectivity index (χ4n) is 4.26. The van der Waals surface area contributed by atoms with Gasteiger partial charge in [-0.25, -0.2) is 4.98 Å². The third kappa shape index (κ3) is 3.96. The molecule has 0 radical (unpaired) electrons. The zero-order valence-corrected chi connectivity index (χ0v) is 14.9. The average molecular weight is 340 g/mol. The third-order valence-corrected chi connectivity index (χ3v) is 6.10. The van der Waals surface area contributed by atoms with Crippen molar-refractivity contribution >= 4 is 5.82 Å². The zero-order valence-electron chi connectivity index (χ0n) is 14.9. The normalized spacial score (nSPS) is 24.0. The van der Waals surface area contributed by atoms with E-state index in [4.69, 9.17) is 10.00 Å². The lowest BCUT2D eigenvalue weighted by molar-refractivity contribution is -0.0598. The summed E-state index contributed by atoms with van der Waals surface area (Å²) >= 11 is 0. The Labute approximate surface area is 150 Å². The van der Waals surface area contributed by atoms with E-state index in [1.165, 1.54) is 45.2 Å². The van der Waals surface area contributed by atoms with Crippen molar-refractivity contribution < 1.29 is 4.74 Å². The Hall–Kier alpha value is -1.64. The molecule has 1 saturated carbocycles. The molecule has 0 aromatic carbocycles. The highest BCUT2D eigenvalue weighted by molar-refractivity contribution is 5.42. The highest BCUT2D eigenvalue weighted by Gasteiger charge is 2.30. The lowest BCUT2D eigenvalue weighted by Crippen LogP contribution is -2.47. The Morgan fingerprint density at radius 1 is 0.960 bits per heavy atom. The average Bonchev–Trinajstić information content (AvgIpc) is 2.63. The van der Waals surface area contributed by atoms with Crippen molar-refractivity contribution in [1.82, 2.24) is 9.88 Å². The maximum Gasteiger partial charge on any atom is 0.128 e. The van der Waals surface area contributed by atoms with Crippen LogP contribution in [0.5, 0.6) is 0 Å². The molecule has 25 heavy (non-hydrogen) atoms. The Kier molecular flexibility index (Phi) is 5.19. The molecule has 134 valence electrons. The van der Waals surface area contributed by atoms with Crippen molar-refractivity contribution in [2.75, 3.05) is 31.1 Å². The number of pyridine rings is 1. The first-order valence-electron chi connectivity index (χ1n) is 9.82. The Bertz CT molecular complexity index is 591. The van der Waals surface area contributed by atoms with Crippen LogP contribution in [-0.4, -0.2) is 54.3 Å². The maximum atomic E-state index is 8.87. The summed E-state index contributed by atoms with van der Waals surface area (Å²) in [4.78, 5) is 9.40. The van der Waals surface area contributed by atoms with Gasteiger partial charge in [0.25, 0.3) is 0 Å². The number of hydrogen-bond acceptors (Lipinski definition) is 5. The summed E-state index contributed by atoms with van der Waals surface area (Å²) in [6.07, 6.45) is 11.3. The van der Waals surface area contributed by atoms with Crippen LogP contribution in [0.1, 0.15) is 50.5 Å². The molecule has 4 rings (SSSR count). The van der Waals surface area contributed by atoms with E-state index in [1.807, 2.05) is 12.1 Å². The molecule has 0 spiro atoms. The summed E-state index contributed by atoms with van der Waals surface area (Å²) in [6, 6.07) is 6.80. The Balaban J connectivity index is 1.20. The minimum absolute atomic E-state index is 0.398. The predicted molar refractivity (Wildman–Crippen MR) is 97.5 cm³/mol. The van der Waals surface area contributed by atoms with Crippen LogP contribution in [0.25, 0.3) is 0 Å². The highest BCUT2D eigenvalue weighted by atomic mass is 16.5. The van der Waals surface area contributed by atoms with E-state index in [2.05, 4.69) is 20.9 Å². The van der Waals surface area contributed by atoms with Crippen LogP contribution >= 0.6 is 0 Å². The molecule has 2 saturated heterocycles. The van der Waals surface area contributed by atoms with Crippen LogP contribution in [0, 0.1) is 11.3 Å². The quantitative estimate of drug-likeness (QED) is 0.843. The van der Waals surface area contributed by atoms with Crippen LogP contribution in [0.2, 0.25) is 0 Å². The number of piperidine rings is 2. The lowest BCUT2D eigenvalue weighted by atomic mass is 9.89. The summed E-state index contributed by atoms with van der Waals surface area (Å²) < 4.78 is 6.42. The Morgan fingerprint density at radius 2 is 1.64 bits per heavy atom. The van der Waals surface area contributed by atoms with E-state index in [0.717, 1.165) is 37.8 Å². The smallest absolute Gasteiger partial charge is 0.128 e. The van der Waals surface area contributed by atoms with Crippen LogP contribution in [0.15, 0.2) is 18.3 Å². The van der Waals surface area contributed by atoms with E-state index < -0.39 is 0 Å². The molecule has 2 aliphatic heterocycles. The van der Waals surface area contributed by atoms with Crippen LogP contribution in [-0.2, 0) is 4.74 Å². The second-order valence-corrected chi connectivity index (χ2v) is 7.66. The zero-order chi connectivity index (χ0) is 17.1. The van der Waals surface area contributed by atoms with Gasteiger partial charge in [0.1, 0.15) is 11.9 Å². The van der Waals surface area contributed by atoms with E-state index in [0.29, 0.717) is 17.8 Å². The first-order chi connectivity index (χ1) is 12.3. The topological polar surface area (TPSA) is 52.4 Å². The van der Waals surface area contributed by atoms with Crippen molar-refractivity contribution in [2.45, 2.75) is 63.2 Å². The van der Waals surface area contributed by atoms with Gasteiger partial charge < -0.3 is 14.5 Å². The fraction of sp³-hybridized carbons (Fsp3) is 0.700. The number of hydrogen-bond donors (Lipinski definition) is 0. The van der Waals surface area contributed by atoms with Crippen molar-refractivity contribution in [3.05, 3.63) is 23.9 Å². The number of ether oxygens (including phenoxy) is 1. The van der Waals surface area contributed by atoms with Crippen LogP contribution in [0.4, 0.5) is 5.82 Å². The van der Waals surface area contributed by atoms with Crippen molar-refractivity contribution in [3.63, 3.8) is 0 Å². The molecule has 0 N–H and O–H groups in total. The van der Waals surface area contributed by atoms with Crippen molar-refractivity contribution in [2.24, 2.45) is 0 Å². The SMILES string of the molecule is N#Cc1ccc(N2CCC(OC3CCN(C4CCC4)CC3)CC2)nc1. The first kappa shape index (κ1) is 16.8. The summed E-state index contributed by atoms with van der Waals surface area (Å²) in [5.74, 6) is 0.978. The van der Waals surface area contributed by atoms with Gasteiger partial charge in [0.15, 0.2) is 0 Å². The molecule has 1 aromatic rings. The fourth-order valence-corrected chi connectivity index (χ4v) is 4.26. The molecule has 1 aromatic heterocycles. The van der Waals surface area contributed by atoms with Gasteiger partial charge >= 0.3 is 0 Å². The number of anilines is 1. The number of nitriles is 1. The standard InChI is InChI=1S/C20H28N4O/c21-14-16-4-5-20(22-15-16)24-12-8-19(9-13-24)25-18-6-10-23(11-7-18)17-2-1-3-17/h4-5,15,17-19H,1-3,6-13H2. The molecule has 5 heteroatoms. The van der Waals surface area contributed by atoms with Crippen molar-refractivity contribution in [3.8, 4) is 6.07 Å². The Morgan fingerprint density at radius 3 is 2.16 bits per heavy atom. The monoisotopic (exact) mass is 340 g/mol. The molecule has 3 fully saturated rings. The molecule has 0 atom stereocenters. The number of likely N-dealkylation sites (tertiary alicyclic amines) is 1. The van der Waals surface area contributed by atoms with Gasteiger partial charge in [-0.3, -0.25) is 0 Å². The maximum absolute atomic E-state index is 8.87. The van der Waals surface area contributed by atoms with Gasteiger partial charge in [-0.15, -0.1) is 0 Å². The van der Waals surface area contributed by atoms with Crippen molar-refractivity contribution in [1.29, 1.82) is 5.26 Å². The summed E-state index contributed by atoms with van der Waals surface area (Å²) in [5.41, 5.74) is 0.621. The second-order valence-electron chi connectivity index (χ2n) is 7.66. The molecule has 3 aliphatic rings. The number of rotatable bonds is 4. The molecule has 0 bridgehead atoms. The van der Waals surface area contributed by atoms with E-state index in [9.17, 15) is 0 Å². The molecule has 3 heterocycles. The molecular formula is C20H28N4O. The first-order valence-corrected chi connectivity index (χ1v) is 9.82. The summed E-state index contributed by atoms with van der Waals surface area (Å²) in [6.45, 7) is 4.43. The van der Waals surface area contributed by atoms with Crippen LogP contribution < -0.4 is 4.90 Å². The van der Waals surface area contributed by atoms with Gasteiger partial charge in [0.2, 0.25) is 0 Å². The van der Waals surface area contributed by atoms with Crippen LogP contribution in [0.3, 0.4) is 0 Å². The van der Waals surface area contributed by atoms with E-state index in [1.54, 1.807) is 6.20 Å². The van der Waals surface area contributed by atoms with Gasteiger partial charge in [0.05, 0.1) is 17.8 Å². The second kappa shape index (κ2) is 7.72. The molecular weight excluding hydrogens is 312 g/mol. The van der Waals surface area contributed by atoms with Gasteiger partial charge in [0, 0.05) is 38.4 Å². The summed E-state index contributed by atoms with van der Waals surface area (Å²) in [5, 5.41) is 8.87. The van der Waals surface area contributed by atoms with E-state index >= 15 is 0 Å². The van der Waals surface area contributed by atoms with Gasteiger partial charge in [-0.2, -0.15) is 5.26 Å². The molecule has 0 unspecified atom stereocenters. The third-order valence-electron chi connectivity index (χ3n) is 6.10. The number of nitrogens with zero attached hydrogens (tertiary/aromatic N) is 4. The van der Waals surface area contributed by atoms with Gasteiger partial charge in [-0.05, 0) is 50.7 Å². The summed E-state index contributed by atoms with van der Waals surface area (Å²) in [7, 11) is 0. The van der Waals surface area contributed by atoms with E-state index in [-0.39, 0.29) is 0 Å². The highest BCUT2D eigenvalue weighted by Crippen LogP contribution is 2.29. The molecule has 1 aliphatic carbocycles. The minimum atomic E-state index is 0.398. The van der Waals surface area contributed by atoms with Gasteiger partial charge in [-0.1, -0.05) is 6.42 Å². The minimum Gasteiger partial charge on any atom is -0.375 e. The molecule has 0 amide bonds. The lowest BCUT2D eigenvalue weighted by Gasteiger charge is -2.42. The number of aromatic nitrogens is 1. The predicted octanol–water partition coefficient (Wildman–Crippen LogP) is 2.96. The largest absolute Gasteiger partial charge is 0.375 e. The molecule has 5 nitrogen and oxygen atoms in total.